The molecule has 0 spiro atoms. The van der Waals surface area contributed by atoms with Gasteiger partial charge in [-0.15, -0.1) is 4.72 Å². The summed E-state index contributed by atoms with van der Waals surface area (Å²) in [5.41, 5.74) is 1.08. The van der Waals surface area contributed by atoms with Crippen molar-refractivity contribution < 1.29 is 9.29 Å². The Hall–Kier alpha value is -0.230. The number of fused-ring (bicyclic) bond motifs is 1. The van der Waals surface area contributed by atoms with E-state index in [9.17, 15) is 4.55 Å². The minimum atomic E-state index is -1.07. The van der Waals surface area contributed by atoms with Crippen LogP contribution < -0.4 is 9.46 Å². The Morgan fingerprint density at radius 1 is 1.44 bits per heavy atom. The molecule has 100 valence electrons. The van der Waals surface area contributed by atoms with Crippen LogP contribution in [0.4, 0.5) is 0 Å². The first-order chi connectivity index (χ1) is 8.38. The first kappa shape index (κ1) is 14.2. The summed E-state index contributed by atoms with van der Waals surface area (Å²) in [7, 11) is 0. The third-order valence-corrected chi connectivity index (χ3v) is 4.92. The monoisotopic (exact) mass is 331 g/mol. The van der Waals surface area contributed by atoms with Crippen LogP contribution in [0.2, 0.25) is 0 Å². The lowest BCUT2D eigenvalue weighted by atomic mass is 10.0. The van der Waals surface area contributed by atoms with Gasteiger partial charge in [-0.25, -0.2) is 0 Å². The van der Waals surface area contributed by atoms with Crippen LogP contribution in [-0.2, 0) is 11.4 Å². The second-order valence-electron chi connectivity index (χ2n) is 5.37. The van der Waals surface area contributed by atoms with E-state index in [4.69, 9.17) is 4.74 Å². The molecule has 0 aliphatic carbocycles. The van der Waals surface area contributed by atoms with E-state index in [2.05, 4.69) is 20.7 Å². The highest BCUT2D eigenvalue weighted by atomic mass is 79.9. The van der Waals surface area contributed by atoms with Gasteiger partial charge in [0.2, 0.25) is 0 Å². The molecule has 0 bridgehead atoms. The van der Waals surface area contributed by atoms with Crippen LogP contribution in [0.15, 0.2) is 22.7 Å². The molecule has 1 aliphatic rings. The van der Waals surface area contributed by atoms with Crippen LogP contribution in [0, 0.1) is 0 Å². The molecule has 1 unspecified atom stereocenters. The first-order valence-corrected chi connectivity index (χ1v) is 7.92. The lowest BCUT2D eigenvalue weighted by molar-refractivity contribution is 0.262. The highest BCUT2D eigenvalue weighted by molar-refractivity contribution is 9.10. The van der Waals surface area contributed by atoms with Crippen LogP contribution in [0.5, 0.6) is 5.75 Å². The predicted octanol–water partition coefficient (Wildman–Crippen LogP) is 3.32. The van der Waals surface area contributed by atoms with Crippen molar-refractivity contribution in [1.29, 1.82) is 0 Å². The van der Waals surface area contributed by atoms with Crippen molar-refractivity contribution in [1.82, 2.24) is 4.72 Å². The molecule has 18 heavy (non-hydrogen) atoms. The zero-order chi connectivity index (χ0) is 13.3. The minimum absolute atomic E-state index is 0.0892. The highest BCUT2D eigenvalue weighted by Gasteiger charge is 2.32. The topological polar surface area (TPSA) is 44.3 Å². The molecule has 0 fully saturated rings. The van der Waals surface area contributed by atoms with Gasteiger partial charge in [-0.1, -0.05) is 15.9 Å². The van der Waals surface area contributed by atoms with Crippen molar-refractivity contribution >= 4 is 27.3 Å². The molecule has 5 heteroatoms. The molecule has 1 aromatic carbocycles. The van der Waals surface area contributed by atoms with E-state index < -0.39 is 11.4 Å². The maximum Gasteiger partial charge on any atom is 0.136 e. The normalized spacial score (nSPS) is 21.1. The fraction of sp³-hybridized carbons (Fsp3) is 0.538. The second-order valence-corrected chi connectivity index (χ2v) is 8.28. The summed E-state index contributed by atoms with van der Waals surface area (Å²) in [5.74, 6) is 0.882. The number of ether oxygens (including phenoxy) is 1. The van der Waals surface area contributed by atoms with Crippen LogP contribution in [0.25, 0.3) is 0 Å². The summed E-state index contributed by atoms with van der Waals surface area (Å²) in [6.45, 7) is 6.57. The largest absolute Gasteiger partial charge is 0.598 e. The molecule has 0 aromatic heterocycles. The van der Waals surface area contributed by atoms with Crippen LogP contribution >= 0.6 is 15.9 Å². The molecule has 1 heterocycles. The van der Waals surface area contributed by atoms with E-state index in [1.165, 1.54) is 0 Å². The van der Waals surface area contributed by atoms with Gasteiger partial charge >= 0.3 is 0 Å². The fourth-order valence-electron chi connectivity index (χ4n) is 1.79. The smallest absolute Gasteiger partial charge is 0.136 e. The summed E-state index contributed by atoms with van der Waals surface area (Å²) < 4.78 is 21.8. The fourth-order valence-corrected chi connectivity index (χ4v) is 3.03. The molecule has 3 nitrogen and oxygen atoms in total. The molecule has 1 aliphatic heterocycles. The van der Waals surface area contributed by atoms with Crippen LogP contribution in [-0.4, -0.2) is 15.9 Å². The van der Waals surface area contributed by atoms with Gasteiger partial charge in [0.25, 0.3) is 0 Å². The van der Waals surface area contributed by atoms with E-state index >= 15 is 0 Å². The molecular weight excluding hydrogens is 314 g/mol. The zero-order valence-corrected chi connectivity index (χ0v) is 13.2. The summed E-state index contributed by atoms with van der Waals surface area (Å²) in [4.78, 5) is 0. The van der Waals surface area contributed by atoms with Crippen molar-refractivity contribution in [2.45, 2.75) is 38.0 Å². The van der Waals surface area contributed by atoms with Gasteiger partial charge in [-0.2, -0.15) is 0 Å². The number of benzene rings is 1. The zero-order valence-electron chi connectivity index (χ0n) is 10.8. The highest BCUT2D eigenvalue weighted by Crippen LogP contribution is 2.35. The molecule has 1 N–H and O–H groups in total. The van der Waals surface area contributed by atoms with Crippen LogP contribution in [0.3, 0.4) is 0 Å². The van der Waals surface area contributed by atoms with E-state index in [1.54, 1.807) is 0 Å². The first-order valence-electron chi connectivity index (χ1n) is 5.98. The number of halogens is 1. The average Bonchev–Trinajstić information content (AvgIpc) is 2.28. The van der Waals surface area contributed by atoms with E-state index in [0.717, 1.165) is 22.2 Å². The molecule has 0 saturated heterocycles. The number of hydrogen-bond acceptors (Lipinski definition) is 3. The number of nitrogens with one attached hydrogen (secondary N) is 1. The number of hydrogen-bond donors (Lipinski definition) is 1. The molecule has 0 saturated carbocycles. The Morgan fingerprint density at radius 3 is 2.83 bits per heavy atom. The van der Waals surface area contributed by atoms with Crippen LogP contribution in [0.1, 0.15) is 38.8 Å². The maximum absolute atomic E-state index is 12.2. The average molecular weight is 332 g/mol. The molecule has 0 amide bonds. The van der Waals surface area contributed by atoms with Crippen molar-refractivity contribution in [2.24, 2.45) is 0 Å². The lowest BCUT2D eigenvalue weighted by Crippen LogP contribution is -2.42. The summed E-state index contributed by atoms with van der Waals surface area (Å²) in [6.07, 6.45) is 0.839. The molecule has 1 aromatic rings. The molecule has 0 radical (unpaired) electrons. The Labute approximate surface area is 120 Å². The summed E-state index contributed by atoms with van der Waals surface area (Å²) in [6, 6.07) is 6.03. The minimum Gasteiger partial charge on any atom is -0.598 e. The van der Waals surface area contributed by atoms with Gasteiger partial charge in [-0.05, 0) is 39.0 Å². The number of rotatable bonds is 2. The van der Waals surface area contributed by atoms with Crippen molar-refractivity contribution in [3.05, 3.63) is 28.2 Å². The standard InChI is InChI=1S/C13H18BrNO2S/c1-13(2,3)18(16)15-11-6-7-17-12-5-4-9(14)8-10(11)12/h4-5,8,11,15H,6-7H2,1-3H3/t11?,18-/m0/s1. The quantitative estimate of drug-likeness (QED) is 0.845. The van der Waals surface area contributed by atoms with Crippen molar-refractivity contribution in [3.63, 3.8) is 0 Å². The van der Waals surface area contributed by atoms with Gasteiger partial charge in [-0.3, -0.25) is 0 Å². The van der Waals surface area contributed by atoms with Gasteiger partial charge < -0.3 is 9.29 Å². The second kappa shape index (κ2) is 5.41. The van der Waals surface area contributed by atoms with Gasteiger partial charge in [0.1, 0.15) is 10.5 Å². The van der Waals surface area contributed by atoms with Gasteiger partial charge in [0.15, 0.2) is 0 Å². The Balaban J connectivity index is 2.20. The molecule has 2 rings (SSSR count). The third-order valence-electron chi connectivity index (χ3n) is 2.82. The summed E-state index contributed by atoms with van der Waals surface area (Å²) in [5, 5.41) is 0. The Morgan fingerprint density at radius 2 is 2.17 bits per heavy atom. The summed E-state index contributed by atoms with van der Waals surface area (Å²) >= 11 is 2.39. The van der Waals surface area contributed by atoms with Gasteiger partial charge in [0, 0.05) is 27.8 Å². The van der Waals surface area contributed by atoms with Crippen molar-refractivity contribution in [3.8, 4) is 5.75 Å². The Kier molecular flexibility index (Phi) is 4.26. The molecular formula is C13H18BrNO2S. The van der Waals surface area contributed by atoms with Gasteiger partial charge in [0.05, 0.1) is 12.6 Å². The third kappa shape index (κ3) is 3.20. The maximum atomic E-state index is 12.2. The van der Waals surface area contributed by atoms with E-state index in [-0.39, 0.29) is 10.8 Å². The molecule has 2 atom stereocenters. The van der Waals surface area contributed by atoms with E-state index in [0.29, 0.717) is 6.61 Å². The van der Waals surface area contributed by atoms with Crippen molar-refractivity contribution in [2.75, 3.05) is 6.61 Å². The lowest BCUT2D eigenvalue weighted by Gasteiger charge is -2.31. The van der Waals surface area contributed by atoms with E-state index in [1.807, 2.05) is 39.0 Å². The predicted molar refractivity (Wildman–Crippen MR) is 78.0 cm³/mol. The SMILES string of the molecule is CC(C)(C)[S@+]([O-])NC1CCOc2ccc(Br)cc21. The Bertz CT molecular complexity index is 433.